The minimum Gasteiger partial charge on any atom is -0.265 e. The quantitative estimate of drug-likeness (QED) is 0.559. The molecule has 14 heavy (non-hydrogen) atoms. The Bertz CT molecular complexity index is 429. The van der Waals surface area contributed by atoms with Crippen molar-refractivity contribution in [3.63, 3.8) is 0 Å². The van der Waals surface area contributed by atoms with Gasteiger partial charge < -0.3 is 0 Å². The van der Waals surface area contributed by atoms with E-state index < -0.39 is 23.6 Å². The second-order valence-electron chi connectivity index (χ2n) is 2.40. The van der Waals surface area contributed by atoms with Crippen molar-refractivity contribution >= 4 is 29.6 Å². The highest BCUT2D eigenvalue weighted by molar-refractivity contribution is 6.71. The highest BCUT2D eigenvalue weighted by Crippen LogP contribution is 2.22. The summed E-state index contributed by atoms with van der Waals surface area (Å²) in [5.74, 6) is -2.57. The van der Waals surface area contributed by atoms with Crippen LogP contribution in [0.2, 0.25) is 0 Å². The molecule has 72 valence electrons. The fraction of sp³-hybridized carbons (Fsp3) is 0.167. The Hall–Kier alpha value is -1.86. The Morgan fingerprint density at radius 3 is 2.50 bits per heavy atom. The number of amidine groups is 2. The third-order valence-electron chi connectivity index (χ3n) is 1.45. The topological polar surface area (TPSA) is 66.5 Å². The monoisotopic (exact) mass is 202 g/mol. The number of halogens is 3. The smallest absolute Gasteiger partial charge is 0.265 e. The lowest BCUT2D eigenvalue weighted by Crippen LogP contribution is -2.22. The number of amides is 1. The minimum atomic E-state index is -4.67. The summed E-state index contributed by atoms with van der Waals surface area (Å²) in [6.45, 7) is 0. The van der Waals surface area contributed by atoms with E-state index in [4.69, 9.17) is 0 Å². The average Bonchev–Trinajstić information content (AvgIpc) is 2.48. The molecule has 1 amide bonds. The van der Waals surface area contributed by atoms with Gasteiger partial charge in [0.25, 0.3) is 0 Å². The van der Waals surface area contributed by atoms with Crippen LogP contribution in [0.4, 0.5) is 13.2 Å². The summed E-state index contributed by atoms with van der Waals surface area (Å²) in [6, 6.07) is 0. The van der Waals surface area contributed by atoms with Gasteiger partial charge in [0.2, 0.25) is 5.84 Å². The van der Waals surface area contributed by atoms with Crippen LogP contribution < -0.4 is 0 Å². The second-order valence-corrected chi connectivity index (χ2v) is 2.40. The summed E-state index contributed by atoms with van der Waals surface area (Å²) in [5, 5.41) is 0. The van der Waals surface area contributed by atoms with Crippen molar-refractivity contribution < 1.29 is 18.0 Å². The Morgan fingerprint density at radius 1 is 1.21 bits per heavy atom. The summed E-state index contributed by atoms with van der Waals surface area (Å²) >= 11 is 0. The molecular formula is C6HF3N4O. The van der Waals surface area contributed by atoms with E-state index in [-0.39, 0.29) is 5.84 Å². The van der Waals surface area contributed by atoms with Crippen molar-refractivity contribution in [3.8, 4) is 0 Å². The van der Waals surface area contributed by atoms with E-state index in [9.17, 15) is 18.0 Å². The zero-order chi connectivity index (χ0) is 10.3. The number of carbonyl (C=O) groups excluding carboxylic acids is 1. The first-order valence-electron chi connectivity index (χ1n) is 3.38. The maximum absolute atomic E-state index is 12.1. The lowest BCUT2D eigenvalue weighted by Gasteiger charge is -1.99. The van der Waals surface area contributed by atoms with Crippen molar-refractivity contribution in [2.24, 2.45) is 20.0 Å². The lowest BCUT2D eigenvalue weighted by atomic mass is 10.3. The van der Waals surface area contributed by atoms with Gasteiger partial charge in [-0.1, -0.05) is 0 Å². The molecule has 0 N–H and O–H groups in total. The number of rotatable bonds is 0. The van der Waals surface area contributed by atoms with Gasteiger partial charge in [-0.25, -0.2) is 15.0 Å². The maximum Gasteiger partial charge on any atom is 0.451 e. The van der Waals surface area contributed by atoms with Crippen LogP contribution in [0.1, 0.15) is 0 Å². The summed E-state index contributed by atoms with van der Waals surface area (Å²) in [4.78, 5) is 23.5. The van der Waals surface area contributed by atoms with Crippen LogP contribution in [0, 0.1) is 0 Å². The molecule has 0 atom stereocenters. The summed E-state index contributed by atoms with van der Waals surface area (Å²) < 4.78 is 36.2. The highest BCUT2D eigenvalue weighted by atomic mass is 19.4. The Balaban J connectivity index is 2.44. The molecule has 0 unspecified atom stereocenters. The number of alkyl halides is 3. The van der Waals surface area contributed by atoms with Crippen molar-refractivity contribution in [1.29, 1.82) is 0 Å². The van der Waals surface area contributed by atoms with Gasteiger partial charge in [-0.05, 0) is 0 Å². The molecule has 5 nitrogen and oxygen atoms in total. The molecule has 0 fully saturated rings. The van der Waals surface area contributed by atoms with Gasteiger partial charge in [0.15, 0.2) is 11.5 Å². The lowest BCUT2D eigenvalue weighted by molar-refractivity contribution is -0.111. The van der Waals surface area contributed by atoms with Crippen LogP contribution >= 0.6 is 0 Å². The minimum absolute atomic E-state index is 0.336. The van der Waals surface area contributed by atoms with E-state index in [1.165, 1.54) is 0 Å². The van der Waals surface area contributed by atoms with E-state index >= 15 is 0 Å². The predicted octanol–water partition coefficient (Wildman–Crippen LogP) is 0.369. The second kappa shape index (κ2) is 2.56. The first-order valence-corrected chi connectivity index (χ1v) is 3.38. The van der Waals surface area contributed by atoms with Crippen LogP contribution in [0.5, 0.6) is 0 Å². The van der Waals surface area contributed by atoms with E-state index in [1.54, 1.807) is 0 Å². The molecule has 0 aromatic heterocycles. The summed E-state index contributed by atoms with van der Waals surface area (Å²) in [7, 11) is 0. The van der Waals surface area contributed by atoms with Crippen molar-refractivity contribution in [2.75, 3.05) is 0 Å². The first kappa shape index (κ1) is 8.73. The molecule has 0 spiro atoms. The van der Waals surface area contributed by atoms with Crippen molar-refractivity contribution in [3.05, 3.63) is 0 Å². The standard InChI is InChI=1S/C6HF3N4O/c7-6(8,9)5-12-2-3(13-5)10-1-11-4(2)14/h1H. The molecule has 0 aromatic carbocycles. The van der Waals surface area contributed by atoms with Gasteiger partial charge in [-0.3, -0.25) is 4.79 Å². The van der Waals surface area contributed by atoms with Crippen LogP contribution in [0.25, 0.3) is 0 Å². The highest BCUT2D eigenvalue weighted by Gasteiger charge is 2.41. The zero-order valence-electron chi connectivity index (χ0n) is 6.41. The molecule has 2 aliphatic rings. The molecular weight excluding hydrogens is 201 g/mol. The maximum atomic E-state index is 12.1. The largest absolute Gasteiger partial charge is 0.451 e. The van der Waals surface area contributed by atoms with Gasteiger partial charge in [-0.15, -0.1) is 0 Å². The van der Waals surface area contributed by atoms with Crippen LogP contribution in [-0.2, 0) is 4.79 Å². The SMILES string of the molecule is O=C1N=CN=C2N=C(C(F)(F)F)N=C12. The zero-order valence-corrected chi connectivity index (χ0v) is 6.41. The molecule has 2 heterocycles. The van der Waals surface area contributed by atoms with Gasteiger partial charge in [0, 0.05) is 0 Å². The molecule has 0 bridgehead atoms. The number of hydrogen-bond acceptors (Lipinski definition) is 4. The fourth-order valence-electron chi connectivity index (χ4n) is 0.892. The number of aliphatic imine (C=N–C) groups is 4. The van der Waals surface area contributed by atoms with Crippen molar-refractivity contribution in [2.45, 2.75) is 6.18 Å². The Labute approximate surface area is 74.8 Å². The van der Waals surface area contributed by atoms with Crippen LogP contribution in [0.3, 0.4) is 0 Å². The molecule has 0 saturated carbocycles. The molecule has 0 aliphatic carbocycles. The average molecular weight is 202 g/mol. The Morgan fingerprint density at radius 2 is 1.93 bits per heavy atom. The molecule has 2 aliphatic heterocycles. The van der Waals surface area contributed by atoms with Crippen LogP contribution in [-0.4, -0.2) is 35.8 Å². The molecule has 0 radical (unpaired) electrons. The van der Waals surface area contributed by atoms with Crippen molar-refractivity contribution in [1.82, 2.24) is 0 Å². The normalized spacial score (nSPS) is 20.2. The summed E-state index contributed by atoms with van der Waals surface area (Å²) in [5.41, 5.74) is -0.458. The van der Waals surface area contributed by atoms with Gasteiger partial charge in [0.1, 0.15) is 6.34 Å². The number of nitrogens with zero attached hydrogens (tertiary/aromatic N) is 4. The third-order valence-corrected chi connectivity index (χ3v) is 1.45. The summed E-state index contributed by atoms with van der Waals surface area (Å²) in [6.07, 6.45) is -3.83. The number of carbonyl (C=O) groups is 1. The van der Waals surface area contributed by atoms with E-state index in [1.807, 2.05) is 0 Å². The van der Waals surface area contributed by atoms with E-state index in [2.05, 4.69) is 20.0 Å². The van der Waals surface area contributed by atoms with Gasteiger partial charge in [0.05, 0.1) is 0 Å². The first-order chi connectivity index (χ1) is 6.48. The van der Waals surface area contributed by atoms with E-state index in [0.29, 0.717) is 0 Å². The predicted molar refractivity (Wildman–Crippen MR) is 41.9 cm³/mol. The fourth-order valence-corrected chi connectivity index (χ4v) is 0.892. The number of fused-ring (bicyclic) bond motifs is 1. The molecule has 8 heteroatoms. The number of hydrogen-bond donors (Lipinski definition) is 0. The van der Waals surface area contributed by atoms with Gasteiger partial charge >= 0.3 is 12.1 Å². The Kier molecular flexibility index (Phi) is 1.60. The van der Waals surface area contributed by atoms with E-state index in [0.717, 1.165) is 6.34 Å². The molecule has 2 rings (SSSR count). The van der Waals surface area contributed by atoms with Gasteiger partial charge in [-0.2, -0.15) is 18.2 Å². The third kappa shape index (κ3) is 1.24. The van der Waals surface area contributed by atoms with Crippen LogP contribution in [0.15, 0.2) is 20.0 Å². The molecule has 0 aromatic rings. The molecule has 0 saturated heterocycles.